The lowest BCUT2D eigenvalue weighted by Gasteiger charge is -2.32. The molecule has 2 N–H and O–H groups in total. The maximum atomic E-state index is 10.9. The Balaban J connectivity index is 3.04. The second-order valence-electron chi connectivity index (χ2n) is 4.79. The first-order valence-corrected chi connectivity index (χ1v) is 6.14. The summed E-state index contributed by atoms with van der Waals surface area (Å²) in [6.45, 7) is 3.33. The first-order valence-electron chi connectivity index (χ1n) is 6.14. The lowest BCUT2D eigenvalue weighted by molar-refractivity contribution is -0.143. The van der Waals surface area contributed by atoms with Crippen molar-refractivity contribution in [2.75, 3.05) is 13.1 Å². The van der Waals surface area contributed by atoms with E-state index in [0.29, 0.717) is 0 Å². The van der Waals surface area contributed by atoms with Crippen LogP contribution in [-0.2, 0) is 9.59 Å². The minimum atomic E-state index is -1.03. The smallest absolute Gasteiger partial charge is 0.317 e. The summed E-state index contributed by atoms with van der Waals surface area (Å²) in [4.78, 5) is 23.3. The van der Waals surface area contributed by atoms with Crippen LogP contribution in [0, 0.1) is 5.92 Å². The monoisotopic (exact) mass is 265 g/mol. The molecule has 5 nitrogen and oxygen atoms in total. The maximum absolute atomic E-state index is 10.9. The van der Waals surface area contributed by atoms with Gasteiger partial charge in [-0.25, -0.2) is 0 Å². The fourth-order valence-corrected chi connectivity index (χ4v) is 2.27. The second kappa shape index (κ2) is 6.89. The molecule has 0 aromatic heterocycles. The predicted octanol–water partition coefficient (Wildman–Crippen LogP) is 1.85. The Hall–Kier alpha value is -1.88. The molecule has 0 bridgehead atoms. The Morgan fingerprint density at radius 1 is 1.05 bits per heavy atom. The molecular weight excluding hydrogens is 246 g/mol. The van der Waals surface area contributed by atoms with Gasteiger partial charge < -0.3 is 10.2 Å². The van der Waals surface area contributed by atoms with E-state index in [9.17, 15) is 9.59 Å². The zero-order valence-corrected chi connectivity index (χ0v) is 11.1. The molecule has 0 aliphatic heterocycles. The lowest BCUT2D eigenvalue weighted by atomic mass is 9.94. The molecule has 1 aromatic rings. The van der Waals surface area contributed by atoms with E-state index in [1.54, 1.807) is 0 Å². The molecule has 0 aliphatic carbocycles. The molecule has 1 aromatic carbocycles. The van der Waals surface area contributed by atoms with Crippen molar-refractivity contribution in [3.05, 3.63) is 35.9 Å². The van der Waals surface area contributed by atoms with Crippen LogP contribution in [0.15, 0.2) is 30.3 Å². The Morgan fingerprint density at radius 2 is 1.53 bits per heavy atom. The molecule has 0 aliphatic rings. The molecule has 104 valence electrons. The van der Waals surface area contributed by atoms with Gasteiger partial charge in [0, 0.05) is 6.04 Å². The summed E-state index contributed by atoms with van der Waals surface area (Å²) in [6, 6.07) is 9.16. The zero-order valence-electron chi connectivity index (χ0n) is 11.1. The van der Waals surface area contributed by atoms with Gasteiger partial charge in [0.15, 0.2) is 0 Å². The van der Waals surface area contributed by atoms with Crippen LogP contribution >= 0.6 is 0 Å². The van der Waals surface area contributed by atoms with Gasteiger partial charge in [0.25, 0.3) is 0 Å². The highest BCUT2D eigenvalue weighted by Crippen LogP contribution is 2.28. The van der Waals surface area contributed by atoms with Gasteiger partial charge in [-0.2, -0.15) is 0 Å². The SMILES string of the molecule is CC(C)C(c1ccccc1)N(CC(=O)O)CC(=O)O. The molecule has 1 unspecified atom stereocenters. The summed E-state index contributed by atoms with van der Waals surface area (Å²) < 4.78 is 0. The topological polar surface area (TPSA) is 77.8 Å². The van der Waals surface area contributed by atoms with Crippen molar-refractivity contribution in [3.8, 4) is 0 Å². The van der Waals surface area contributed by atoms with Crippen molar-refractivity contribution in [3.63, 3.8) is 0 Å². The van der Waals surface area contributed by atoms with Crippen molar-refractivity contribution in [1.29, 1.82) is 0 Å². The average molecular weight is 265 g/mol. The van der Waals surface area contributed by atoms with Gasteiger partial charge in [-0.3, -0.25) is 14.5 Å². The molecule has 1 rings (SSSR count). The van der Waals surface area contributed by atoms with Gasteiger partial charge >= 0.3 is 11.9 Å². The third kappa shape index (κ3) is 4.71. The highest BCUT2D eigenvalue weighted by Gasteiger charge is 2.26. The van der Waals surface area contributed by atoms with Gasteiger partial charge in [-0.15, -0.1) is 0 Å². The first-order chi connectivity index (χ1) is 8.91. The van der Waals surface area contributed by atoms with Gasteiger partial charge in [0.1, 0.15) is 0 Å². The second-order valence-corrected chi connectivity index (χ2v) is 4.79. The fourth-order valence-electron chi connectivity index (χ4n) is 2.27. The third-order valence-corrected chi connectivity index (χ3v) is 2.84. The summed E-state index contributed by atoms with van der Waals surface area (Å²) in [6.07, 6.45) is 0. The van der Waals surface area contributed by atoms with E-state index in [4.69, 9.17) is 10.2 Å². The normalized spacial score (nSPS) is 12.6. The van der Waals surface area contributed by atoms with E-state index >= 15 is 0 Å². The van der Waals surface area contributed by atoms with Crippen LogP contribution in [0.4, 0.5) is 0 Å². The minimum Gasteiger partial charge on any atom is -0.480 e. The zero-order chi connectivity index (χ0) is 14.4. The quantitative estimate of drug-likeness (QED) is 0.786. The molecule has 0 fully saturated rings. The molecule has 0 saturated carbocycles. The number of carbonyl (C=O) groups is 2. The Morgan fingerprint density at radius 3 is 1.89 bits per heavy atom. The van der Waals surface area contributed by atoms with E-state index in [-0.39, 0.29) is 25.0 Å². The third-order valence-electron chi connectivity index (χ3n) is 2.84. The van der Waals surface area contributed by atoms with E-state index < -0.39 is 11.9 Å². The number of hydrogen-bond donors (Lipinski definition) is 2. The van der Waals surface area contributed by atoms with Crippen molar-refractivity contribution in [2.45, 2.75) is 19.9 Å². The lowest BCUT2D eigenvalue weighted by Crippen LogP contribution is -2.39. The number of benzene rings is 1. The average Bonchev–Trinajstić information content (AvgIpc) is 2.28. The van der Waals surface area contributed by atoms with Gasteiger partial charge in [0.2, 0.25) is 0 Å². The van der Waals surface area contributed by atoms with Gasteiger partial charge in [-0.1, -0.05) is 44.2 Å². The summed E-state index contributed by atoms with van der Waals surface area (Å²) in [7, 11) is 0. The van der Waals surface area contributed by atoms with E-state index in [1.165, 1.54) is 4.90 Å². The number of carboxylic acid groups (broad SMARTS) is 2. The van der Waals surface area contributed by atoms with Crippen LogP contribution in [0.1, 0.15) is 25.5 Å². The molecule has 0 saturated heterocycles. The van der Waals surface area contributed by atoms with Gasteiger partial charge in [0.05, 0.1) is 13.1 Å². The molecule has 19 heavy (non-hydrogen) atoms. The predicted molar refractivity (Wildman–Crippen MR) is 70.9 cm³/mol. The van der Waals surface area contributed by atoms with Crippen molar-refractivity contribution in [2.24, 2.45) is 5.92 Å². The van der Waals surface area contributed by atoms with Crippen molar-refractivity contribution < 1.29 is 19.8 Å². The number of rotatable bonds is 7. The fraction of sp³-hybridized carbons (Fsp3) is 0.429. The molecule has 0 spiro atoms. The van der Waals surface area contributed by atoms with Crippen molar-refractivity contribution in [1.82, 2.24) is 4.90 Å². The Bertz CT molecular complexity index is 414. The van der Waals surface area contributed by atoms with Crippen molar-refractivity contribution >= 4 is 11.9 Å². The molecule has 5 heteroatoms. The van der Waals surface area contributed by atoms with E-state index in [2.05, 4.69) is 0 Å². The molecule has 0 radical (unpaired) electrons. The summed E-state index contributed by atoms with van der Waals surface area (Å²) in [5, 5.41) is 17.9. The Kier molecular flexibility index (Phi) is 5.51. The van der Waals surface area contributed by atoms with Crippen LogP contribution in [0.3, 0.4) is 0 Å². The molecule has 1 atom stereocenters. The first kappa shape index (κ1) is 15.2. The Labute approximate surface area is 112 Å². The summed E-state index contributed by atoms with van der Waals surface area (Å²) in [5.74, 6) is -1.94. The van der Waals surface area contributed by atoms with Crippen LogP contribution in [0.25, 0.3) is 0 Å². The van der Waals surface area contributed by atoms with E-state index in [1.807, 2.05) is 44.2 Å². The number of carboxylic acids is 2. The van der Waals surface area contributed by atoms with Crippen LogP contribution in [0.2, 0.25) is 0 Å². The highest BCUT2D eigenvalue weighted by atomic mass is 16.4. The molecule has 0 amide bonds. The number of hydrogen-bond acceptors (Lipinski definition) is 3. The summed E-state index contributed by atoms with van der Waals surface area (Å²) >= 11 is 0. The summed E-state index contributed by atoms with van der Waals surface area (Å²) in [5.41, 5.74) is 0.931. The highest BCUT2D eigenvalue weighted by molar-refractivity contribution is 5.72. The number of aliphatic carboxylic acids is 2. The largest absolute Gasteiger partial charge is 0.480 e. The van der Waals surface area contributed by atoms with Crippen LogP contribution in [-0.4, -0.2) is 40.1 Å². The molecule has 0 heterocycles. The molecular formula is C14H19NO4. The van der Waals surface area contributed by atoms with E-state index in [0.717, 1.165) is 5.56 Å². The van der Waals surface area contributed by atoms with Gasteiger partial charge in [-0.05, 0) is 11.5 Å². The minimum absolute atomic E-state index is 0.112. The number of nitrogens with zero attached hydrogens (tertiary/aromatic N) is 1. The van der Waals surface area contributed by atoms with Crippen LogP contribution in [0.5, 0.6) is 0 Å². The maximum Gasteiger partial charge on any atom is 0.317 e. The van der Waals surface area contributed by atoms with Crippen LogP contribution < -0.4 is 0 Å². The standard InChI is InChI=1S/C14H19NO4/c1-10(2)14(11-6-4-3-5-7-11)15(8-12(16)17)9-13(18)19/h3-7,10,14H,8-9H2,1-2H3,(H,16,17)(H,18,19).